The van der Waals surface area contributed by atoms with Gasteiger partial charge in [-0.25, -0.2) is 4.68 Å². The fraction of sp³-hybridized carbons (Fsp3) is 0.200. The first-order chi connectivity index (χ1) is 9.61. The minimum Gasteiger partial charge on any atom is -0.292 e. The van der Waals surface area contributed by atoms with Crippen molar-refractivity contribution in [2.45, 2.75) is 13.8 Å². The largest absolute Gasteiger partial charge is 0.292 e. The zero-order chi connectivity index (χ0) is 14.3. The zero-order valence-corrected chi connectivity index (χ0v) is 13.6. The van der Waals surface area contributed by atoms with Crippen LogP contribution in [0, 0.1) is 13.8 Å². The molecule has 0 saturated carbocycles. The summed E-state index contributed by atoms with van der Waals surface area (Å²) >= 11 is 4.73. The normalized spacial score (nSPS) is 11.2. The molecule has 0 fully saturated rings. The molecule has 3 rings (SSSR count). The number of hydrogen-bond donors (Lipinski definition) is 0. The molecular weight excluding hydrogens is 336 g/mol. The van der Waals surface area contributed by atoms with Crippen LogP contribution in [0.4, 0.5) is 0 Å². The van der Waals surface area contributed by atoms with Crippen molar-refractivity contribution < 1.29 is 4.79 Å². The highest BCUT2D eigenvalue weighted by molar-refractivity contribution is 9.09. The summed E-state index contributed by atoms with van der Waals surface area (Å²) in [5.41, 5.74) is 3.18. The van der Waals surface area contributed by atoms with Crippen molar-refractivity contribution in [3.63, 3.8) is 0 Å². The first-order valence-corrected chi connectivity index (χ1v) is 8.20. The number of Topliss-reactive ketones (excluding diaryl/α,β-unsaturated/α-hetero) is 1. The molecule has 0 unspecified atom stereocenters. The summed E-state index contributed by atoms with van der Waals surface area (Å²) in [5.74, 6) is 0.113. The fourth-order valence-corrected chi connectivity index (χ4v) is 3.82. The molecule has 0 aliphatic rings. The number of carbonyl (C=O) groups is 1. The molecule has 0 atom stereocenters. The maximum atomic E-state index is 11.8. The zero-order valence-electron chi connectivity index (χ0n) is 11.2. The van der Waals surface area contributed by atoms with Crippen LogP contribution >= 0.6 is 27.3 Å². The molecule has 2 heterocycles. The van der Waals surface area contributed by atoms with Gasteiger partial charge in [0.1, 0.15) is 4.83 Å². The Morgan fingerprint density at radius 3 is 2.80 bits per heavy atom. The van der Waals surface area contributed by atoms with Crippen molar-refractivity contribution in [2.24, 2.45) is 0 Å². The van der Waals surface area contributed by atoms with Crippen molar-refractivity contribution in [1.82, 2.24) is 9.78 Å². The number of rotatable bonds is 3. The summed E-state index contributed by atoms with van der Waals surface area (Å²) in [6, 6.07) is 10.1. The van der Waals surface area contributed by atoms with Crippen molar-refractivity contribution in [1.29, 1.82) is 0 Å². The van der Waals surface area contributed by atoms with Gasteiger partial charge in [-0.1, -0.05) is 34.1 Å². The predicted octanol–water partition coefficient (Wildman–Crippen LogP) is 4.28. The molecule has 3 nitrogen and oxygen atoms in total. The molecule has 0 aliphatic carbocycles. The highest BCUT2D eigenvalue weighted by atomic mass is 79.9. The number of nitrogens with zero attached hydrogens (tertiary/aromatic N) is 2. The molecule has 3 aromatic rings. The number of fused-ring (bicyclic) bond motifs is 1. The van der Waals surface area contributed by atoms with Crippen LogP contribution in [-0.2, 0) is 0 Å². The van der Waals surface area contributed by atoms with Gasteiger partial charge in [0, 0.05) is 5.39 Å². The average Bonchev–Trinajstić information content (AvgIpc) is 3.00. The minimum atomic E-state index is 0.113. The number of carbonyl (C=O) groups excluding carboxylic acids is 1. The number of hydrogen-bond acceptors (Lipinski definition) is 3. The van der Waals surface area contributed by atoms with E-state index in [1.807, 2.05) is 35.9 Å². The van der Waals surface area contributed by atoms with Crippen LogP contribution in [0.15, 0.2) is 30.3 Å². The summed E-state index contributed by atoms with van der Waals surface area (Å²) in [5, 5.41) is 6.02. The maximum absolute atomic E-state index is 11.8. The lowest BCUT2D eigenvalue weighted by Crippen LogP contribution is -1.99. The summed E-state index contributed by atoms with van der Waals surface area (Å²) in [6.45, 7) is 4.04. The Morgan fingerprint density at radius 1 is 1.35 bits per heavy atom. The highest BCUT2D eigenvalue weighted by Crippen LogP contribution is 2.31. The second-order valence-corrected chi connectivity index (χ2v) is 6.26. The van der Waals surface area contributed by atoms with E-state index in [-0.39, 0.29) is 5.78 Å². The van der Waals surface area contributed by atoms with Gasteiger partial charge in [0.2, 0.25) is 0 Å². The third-order valence-corrected chi connectivity index (χ3v) is 4.95. The van der Waals surface area contributed by atoms with E-state index in [0.717, 1.165) is 26.5 Å². The highest BCUT2D eigenvalue weighted by Gasteiger charge is 2.17. The molecule has 0 N–H and O–H groups in total. The van der Waals surface area contributed by atoms with Crippen LogP contribution in [0.25, 0.3) is 15.9 Å². The van der Waals surface area contributed by atoms with Gasteiger partial charge in [-0.3, -0.25) is 4.79 Å². The lowest BCUT2D eigenvalue weighted by atomic mass is 10.2. The molecule has 20 heavy (non-hydrogen) atoms. The second kappa shape index (κ2) is 5.14. The molecule has 102 valence electrons. The monoisotopic (exact) mass is 348 g/mol. The Kier molecular flexibility index (Phi) is 3.48. The maximum Gasteiger partial charge on any atom is 0.183 e. The van der Waals surface area contributed by atoms with E-state index < -0.39 is 0 Å². The standard InChI is InChI=1S/C15H13BrN2OS/c1-9-5-3-4-6-12(9)18-15-11(10(2)17-18)7-14(20-15)13(19)8-16/h3-7H,8H2,1-2H3. The Bertz CT molecular complexity index is 803. The van der Waals surface area contributed by atoms with E-state index in [9.17, 15) is 4.79 Å². The molecule has 0 amide bonds. The lowest BCUT2D eigenvalue weighted by Gasteiger charge is -2.05. The molecule has 2 aromatic heterocycles. The predicted molar refractivity (Wildman–Crippen MR) is 86.5 cm³/mol. The number of aromatic nitrogens is 2. The summed E-state index contributed by atoms with van der Waals surface area (Å²) in [6.07, 6.45) is 0. The second-order valence-electron chi connectivity index (χ2n) is 4.67. The van der Waals surface area contributed by atoms with Crippen molar-refractivity contribution in [2.75, 3.05) is 5.33 Å². The number of thiophene rings is 1. The molecule has 1 aromatic carbocycles. The van der Waals surface area contributed by atoms with Crippen LogP contribution in [0.1, 0.15) is 20.9 Å². The van der Waals surface area contributed by atoms with Gasteiger partial charge in [0.25, 0.3) is 0 Å². The van der Waals surface area contributed by atoms with Gasteiger partial charge in [-0.2, -0.15) is 5.10 Å². The van der Waals surface area contributed by atoms with Crippen molar-refractivity contribution in [3.05, 3.63) is 46.5 Å². The Morgan fingerprint density at radius 2 is 2.10 bits per heavy atom. The van der Waals surface area contributed by atoms with E-state index in [1.54, 1.807) is 0 Å². The quantitative estimate of drug-likeness (QED) is 0.523. The number of aryl methyl sites for hydroxylation is 2. The van der Waals surface area contributed by atoms with Crippen LogP contribution < -0.4 is 0 Å². The van der Waals surface area contributed by atoms with Gasteiger partial charge in [0.05, 0.1) is 21.6 Å². The SMILES string of the molecule is Cc1ccccc1-n1nc(C)c2cc(C(=O)CBr)sc21. The minimum absolute atomic E-state index is 0.113. The van der Waals surface area contributed by atoms with Crippen molar-refractivity contribution >= 4 is 43.3 Å². The van der Waals surface area contributed by atoms with E-state index in [4.69, 9.17) is 0 Å². The molecule has 5 heteroatoms. The lowest BCUT2D eigenvalue weighted by molar-refractivity contribution is 0.102. The van der Waals surface area contributed by atoms with Gasteiger partial charge in [-0.05, 0) is 31.5 Å². The number of alkyl halides is 1. The smallest absolute Gasteiger partial charge is 0.183 e. The summed E-state index contributed by atoms with van der Waals surface area (Å²) in [4.78, 5) is 13.6. The first-order valence-electron chi connectivity index (χ1n) is 6.26. The van der Waals surface area contributed by atoms with Gasteiger partial charge in [0.15, 0.2) is 5.78 Å². The number of ketones is 1. The number of para-hydroxylation sites is 1. The molecule has 0 spiro atoms. The van der Waals surface area contributed by atoms with Crippen LogP contribution in [0.2, 0.25) is 0 Å². The molecule has 0 bridgehead atoms. The van der Waals surface area contributed by atoms with E-state index in [1.165, 1.54) is 16.9 Å². The van der Waals surface area contributed by atoms with Gasteiger partial charge >= 0.3 is 0 Å². The summed E-state index contributed by atoms with van der Waals surface area (Å²) < 4.78 is 1.94. The molecule has 0 radical (unpaired) electrons. The Labute approximate surface area is 129 Å². The van der Waals surface area contributed by atoms with Gasteiger partial charge in [-0.15, -0.1) is 11.3 Å². The average molecular weight is 349 g/mol. The van der Waals surface area contributed by atoms with Crippen LogP contribution in [0.3, 0.4) is 0 Å². The topological polar surface area (TPSA) is 34.9 Å². The Balaban J connectivity index is 2.24. The van der Waals surface area contributed by atoms with Crippen LogP contribution in [0.5, 0.6) is 0 Å². The van der Waals surface area contributed by atoms with Gasteiger partial charge < -0.3 is 0 Å². The molecule has 0 aliphatic heterocycles. The van der Waals surface area contributed by atoms with E-state index in [2.05, 4.69) is 34.0 Å². The van der Waals surface area contributed by atoms with Crippen LogP contribution in [-0.4, -0.2) is 20.9 Å². The molecular formula is C15H13BrN2OS. The van der Waals surface area contributed by atoms with Crippen molar-refractivity contribution in [3.8, 4) is 5.69 Å². The van der Waals surface area contributed by atoms with E-state index in [0.29, 0.717) is 5.33 Å². The third kappa shape index (κ3) is 2.11. The van der Waals surface area contributed by atoms with E-state index >= 15 is 0 Å². The number of benzene rings is 1. The summed E-state index contributed by atoms with van der Waals surface area (Å²) in [7, 11) is 0. The third-order valence-electron chi connectivity index (χ3n) is 3.28. The first kappa shape index (κ1) is 13.5. The number of halogens is 1. The fourth-order valence-electron chi connectivity index (χ4n) is 2.21. The Hall–Kier alpha value is -1.46. The molecule has 0 saturated heterocycles.